The maximum atomic E-state index is 10.1. The minimum Gasteiger partial charge on any atom is -0.457 e. The molecule has 0 saturated carbocycles. The highest BCUT2D eigenvalue weighted by atomic mass is 16.5. The molecule has 52 heavy (non-hydrogen) atoms. The molecule has 4 heteroatoms. The van der Waals surface area contributed by atoms with Gasteiger partial charge in [0.25, 0.3) is 0 Å². The summed E-state index contributed by atoms with van der Waals surface area (Å²) < 4.78 is 6.54. The van der Waals surface area contributed by atoms with Crippen molar-refractivity contribution in [3.8, 4) is 73.7 Å². The summed E-state index contributed by atoms with van der Waals surface area (Å²) in [6, 6.07) is 63.0. The van der Waals surface area contributed by atoms with Crippen molar-refractivity contribution in [1.82, 2.24) is 9.97 Å². The second kappa shape index (κ2) is 11.8. The number of para-hydroxylation sites is 2. The minimum absolute atomic E-state index is 0.634. The molecule has 0 atom stereocenters. The Hall–Kier alpha value is -7.09. The first-order valence-corrected chi connectivity index (χ1v) is 17.4. The molecule has 0 radical (unpaired) electrons. The Morgan fingerprint density at radius 2 is 0.962 bits per heavy atom. The van der Waals surface area contributed by atoms with Crippen molar-refractivity contribution < 1.29 is 4.74 Å². The lowest BCUT2D eigenvalue weighted by atomic mass is 9.65. The summed E-state index contributed by atoms with van der Waals surface area (Å²) in [5, 5.41) is 10.1. The fourth-order valence-electron chi connectivity index (χ4n) is 8.07. The van der Waals surface area contributed by atoms with Gasteiger partial charge in [-0.1, -0.05) is 133 Å². The Kier molecular flexibility index (Phi) is 6.74. The van der Waals surface area contributed by atoms with Crippen LogP contribution in [0.25, 0.3) is 56.2 Å². The van der Waals surface area contributed by atoms with E-state index in [1.54, 1.807) is 0 Å². The van der Waals surface area contributed by atoms with E-state index in [4.69, 9.17) is 14.7 Å². The molecule has 0 amide bonds. The van der Waals surface area contributed by atoms with E-state index in [1.807, 2.05) is 66.7 Å². The smallest absolute Gasteiger partial charge is 0.160 e. The van der Waals surface area contributed by atoms with E-state index in [0.29, 0.717) is 11.4 Å². The monoisotopic (exact) mass is 663 g/mol. The molecule has 1 aliphatic heterocycles. The van der Waals surface area contributed by atoms with Gasteiger partial charge in [0, 0.05) is 27.8 Å². The van der Waals surface area contributed by atoms with Crippen LogP contribution >= 0.6 is 0 Å². The molecule has 1 spiro atoms. The van der Waals surface area contributed by atoms with Crippen LogP contribution in [0.1, 0.15) is 27.8 Å². The highest BCUT2D eigenvalue weighted by Gasteiger charge is 2.51. The van der Waals surface area contributed by atoms with Crippen LogP contribution in [0, 0.1) is 11.3 Å². The molecule has 8 aromatic rings. The third kappa shape index (κ3) is 4.54. The third-order valence-electron chi connectivity index (χ3n) is 10.4. The average molecular weight is 664 g/mol. The molecular formula is C48H29N3O. The maximum Gasteiger partial charge on any atom is 0.160 e. The molecule has 1 aromatic heterocycles. The molecule has 2 aliphatic rings. The fraction of sp³-hybridized carbons (Fsp3) is 0.0208. The summed E-state index contributed by atoms with van der Waals surface area (Å²) in [5.41, 5.74) is 13.6. The number of hydrogen-bond donors (Lipinski definition) is 0. The molecule has 242 valence electrons. The molecule has 2 heterocycles. The number of benzene rings is 7. The number of fused-ring (bicyclic) bond motifs is 9. The normalized spacial score (nSPS) is 12.9. The van der Waals surface area contributed by atoms with Gasteiger partial charge >= 0.3 is 0 Å². The SMILES string of the molecule is N#Cc1ccc2c(c1)C1(c3ccccc3Oc3ccccc31)c1cc(-c3cccc(-c4cc(-c5ccccc5)nc(-c5ccccc5)n4)c3)ccc1-2. The molecule has 0 fully saturated rings. The Labute approximate surface area is 301 Å². The number of rotatable bonds is 4. The third-order valence-corrected chi connectivity index (χ3v) is 10.4. The van der Waals surface area contributed by atoms with Crippen LogP contribution in [0.2, 0.25) is 0 Å². The van der Waals surface area contributed by atoms with E-state index >= 15 is 0 Å². The van der Waals surface area contributed by atoms with Crippen molar-refractivity contribution in [2.75, 3.05) is 0 Å². The quantitative estimate of drug-likeness (QED) is 0.188. The minimum atomic E-state index is -0.668. The van der Waals surface area contributed by atoms with Gasteiger partial charge in [0.15, 0.2) is 5.82 Å². The largest absolute Gasteiger partial charge is 0.457 e. The zero-order valence-corrected chi connectivity index (χ0v) is 28.0. The topological polar surface area (TPSA) is 58.8 Å². The summed E-state index contributed by atoms with van der Waals surface area (Å²) in [7, 11) is 0. The maximum absolute atomic E-state index is 10.1. The predicted octanol–water partition coefficient (Wildman–Crippen LogP) is 11.5. The van der Waals surface area contributed by atoms with Crippen LogP contribution in [0.5, 0.6) is 11.5 Å². The summed E-state index contributed by atoms with van der Waals surface area (Å²) >= 11 is 0. The van der Waals surface area contributed by atoms with Crippen molar-refractivity contribution in [3.05, 3.63) is 204 Å². The van der Waals surface area contributed by atoms with Crippen LogP contribution < -0.4 is 4.74 Å². The van der Waals surface area contributed by atoms with Gasteiger partial charge in [0.2, 0.25) is 0 Å². The highest BCUT2D eigenvalue weighted by molar-refractivity contribution is 5.91. The first-order chi connectivity index (χ1) is 25.7. The van der Waals surface area contributed by atoms with Gasteiger partial charge in [0.1, 0.15) is 11.5 Å². The first-order valence-electron chi connectivity index (χ1n) is 17.4. The first kappa shape index (κ1) is 29.8. The lowest BCUT2D eigenvalue weighted by Gasteiger charge is -2.39. The molecule has 7 aromatic carbocycles. The van der Waals surface area contributed by atoms with Gasteiger partial charge in [-0.3, -0.25) is 0 Å². The number of nitrogens with zero attached hydrogens (tertiary/aromatic N) is 3. The standard InChI is InChI=1S/C48H29N3O/c49-30-31-22-24-37-38-25-23-35(28-42(38)48(41(37)26-31)39-18-7-9-20-45(39)52-46-21-10-8-19-40(46)48)34-16-11-17-36(27-34)44-29-43(32-12-3-1-4-13-32)50-47(51-44)33-14-5-2-6-15-33/h1-29H. The molecule has 1 aliphatic carbocycles. The van der Waals surface area contributed by atoms with Gasteiger partial charge in [-0.2, -0.15) is 5.26 Å². The van der Waals surface area contributed by atoms with Crippen LogP contribution in [0.4, 0.5) is 0 Å². The molecule has 10 rings (SSSR count). The zero-order valence-electron chi connectivity index (χ0n) is 28.0. The van der Waals surface area contributed by atoms with E-state index in [0.717, 1.165) is 78.5 Å². The van der Waals surface area contributed by atoms with Gasteiger partial charge in [-0.25, -0.2) is 9.97 Å². The number of nitriles is 1. The molecule has 0 saturated heterocycles. The predicted molar refractivity (Wildman–Crippen MR) is 206 cm³/mol. The Morgan fingerprint density at radius 1 is 0.423 bits per heavy atom. The number of ether oxygens (including phenoxy) is 1. The molecular weight excluding hydrogens is 635 g/mol. The molecule has 4 nitrogen and oxygen atoms in total. The van der Waals surface area contributed by atoms with Crippen LogP contribution in [-0.4, -0.2) is 9.97 Å². The van der Waals surface area contributed by atoms with Crippen LogP contribution in [0.15, 0.2) is 176 Å². The van der Waals surface area contributed by atoms with E-state index < -0.39 is 5.41 Å². The summed E-state index contributed by atoms with van der Waals surface area (Å²) in [6.45, 7) is 0. The van der Waals surface area contributed by atoms with Gasteiger partial charge in [-0.15, -0.1) is 0 Å². The summed E-state index contributed by atoms with van der Waals surface area (Å²) in [4.78, 5) is 10.1. The molecule has 0 unspecified atom stereocenters. The lowest BCUT2D eigenvalue weighted by molar-refractivity contribution is 0.436. The van der Waals surface area contributed by atoms with E-state index in [1.165, 1.54) is 5.56 Å². The van der Waals surface area contributed by atoms with E-state index in [9.17, 15) is 5.26 Å². The number of aromatic nitrogens is 2. The summed E-state index contributed by atoms with van der Waals surface area (Å²) in [6.07, 6.45) is 0. The van der Waals surface area contributed by atoms with E-state index in [2.05, 4.69) is 115 Å². The second-order valence-corrected chi connectivity index (χ2v) is 13.3. The Bertz CT molecular complexity index is 2630. The second-order valence-electron chi connectivity index (χ2n) is 13.3. The van der Waals surface area contributed by atoms with Crippen molar-refractivity contribution in [3.63, 3.8) is 0 Å². The number of hydrogen-bond acceptors (Lipinski definition) is 4. The van der Waals surface area contributed by atoms with Crippen molar-refractivity contribution in [2.24, 2.45) is 0 Å². The Morgan fingerprint density at radius 3 is 1.65 bits per heavy atom. The lowest BCUT2D eigenvalue weighted by Crippen LogP contribution is -2.32. The van der Waals surface area contributed by atoms with Crippen molar-refractivity contribution in [2.45, 2.75) is 5.41 Å². The van der Waals surface area contributed by atoms with E-state index in [-0.39, 0.29) is 0 Å². The van der Waals surface area contributed by atoms with Gasteiger partial charge in [0.05, 0.1) is 28.4 Å². The highest BCUT2D eigenvalue weighted by Crippen LogP contribution is 2.62. The molecule has 0 N–H and O–H groups in total. The molecule has 0 bridgehead atoms. The van der Waals surface area contributed by atoms with Crippen LogP contribution in [0.3, 0.4) is 0 Å². The zero-order chi connectivity index (χ0) is 34.6. The average Bonchev–Trinajstić information content (AvgIpc) is 3.50. The van der Waals surface area contributed by atoms with Crippen molar-refractivity contribution >= 4 is 0 Å². The van der Waals surface area contributed by atoms with Gasteiger partial charge in [-0.05, 0) is 75.8 Å². The van der Waals surface area contributed by atoms with Crippen molar-refractivity contribution in [1.29, 1.82) is 5.26 Å². The van der Waals surface area contributed by atoms with Crippen LogP contribution in [-0.2, 0) is 5.41 Å². The van der Waals surface area contributed by atoms with Gasteiger partial charge < -0.3 is 4.74 Å². The Balaban J connectivity index is 1.17. The fourth-order valence-corrected chi connectivity index (χ4v) is 8.07. The summed E-state index contributed by atoms with van der Waals surface area (Å²) in [5.74, 6) is 2.33.